The second-order valence-electron chi connectivity index (χ2n) is 8.23. The van der Waals surface area contributed by atoms with E-state index in [-0.39, 0.29) is 5.82 Å². The number of hydrogen-bond donors (Lipinski definition) is 1. The van der Waals surface area contributed by atoms with Crippen molar-refractivity contribution in [2.45, 2.75) is 19.6 Å². The molecule has 2 N–H and O–H groups in total. The van der Waals surface area contributed by atoms with Crippen LogP contribution in [-0.4, -0.2) is 27.6 Å². The Kier molecular flexibility index (Phi) is 5.07. The maximum atomic E-state index is 14.7. The molecule has 0 fully saturated rings. The zero-order valence-electron chi connectivity index (χ0n) is 17.8. The number of benzene rings is 3. The third-order valence-electron chi connectivity index (χ3n) is 5.85. The fourth-order valence-corrected chi connectivity index (χ4v) is 4.37. The molecule has 1 aromatic heterocycles. The molecule has 0 spiro atoms. The number of carbonyl (C=O) groups is 1. The van der Waals surface area contributed by atoms with E-state index in [9.17, 15) is 9.18 Å². The Morgan fingerprint density at radius 1 is 1.00 bits per heavy atom. The van der Waals surface area contributed by atoms with E-state index in [1.54, 1.807) is 18.2 Å². The number of aromatic nitrogens is 2. The number of halogens is 1. The van der Waals surface area contributed by atoms with Crippen LogP contribution in [0.5, 0.6) is 0 Å². The van der Waals surface area contributed by atoms with Gasteiger partial charge in [0, 0.05) is 29.8 Å². The van der Waals surface area contributed by atoms with Crippen molar-refractivity contribution < 1.29 is 9.18 Å². The molecule has 0 saturated carbocycles. The summed E-state index contributed by atoms with van der Waals surface area (Å²) in [6, 6.07) is 22.2. The van der Waals surface area contributed by atoms with Gasteiger partial charge in [0.05, 0.1) is 17.9 Å². The lowest BCUT2D eigenvalue weighted by Crippen LogP contribution is -2.13. The van der Waals surface area contributed by atoms with Gasteiger partial charge in [0.2, 0.25) is 5.91 Å². The Morgan fingerprint density at radius 3 is 2.53 bits per heavy atom. The number of rotatable bonds is 5. The minimum absolute atomic E-state index is 0.247. The smallest absolute Gasteiger partial charge is 0.248 e. The van der Waals surface area contributed by atoms with Gasteiger partial charge in [-0.25, -0.2) is 4.39 Å². The third-order valence-corrected chi connectivity index (χ3v) is 5.85. The molecule has 1 aliphatic rings. The van der Waals surface area contributed by atoms with E-state index < -0.39 is 5.91 Å². The first-order chi connectivity index (χ1) is 15.5. The summed E-state index contributed by atoms with van der Waals surface area (Å²) in [4.78, 5) is 13.7. The van der Waals surface area contributed by atoms with Gasteiger partial charge in [-0.3, -0.25) is 14.4 Å². The number of nitrogens with two attached hydrogens (primary N) is 1. The number of primary amides is 1. The summed E-state index contributed by atoms with van der Waals surface area (Å²) < 4.78 is 16.6. The lowest BCUT2D eigenvalue weighted by molar-refractivity contribution is 0.100. The van der Waals surface area contributed by atoms with Crippen molar-refractivity contribution in [3.63, 3.8) is 0 Å². The highest BCUT2D eigenvalue weighted by Gasteiger charge is 2.27. The van der Waals surface area contributed by atoms with Crippen LogP contribution in [0.3, 0.4) is 0 Å². The van der Waals surface area contributed by atoms with Crippen LogP contribution >= 0.6 is 0 Å². The van der Waals surface area contributed by atoms with Crippen LogP contribution in [0, 0.1) is 5.82 Å². The summed E-state index contributed by atoms with van der Waals surface area (Å²) in [5.41, 5.74) is 12.3. The zero-order valence-corrected chi connectivity index (χ0v) is 17.8. The molecule has 0 unspecified atom stereocenters. The van der Waals surface area contributed by atoms with Gasteiger partial charge in [0.25, 0.3) is 0 Å². The molecular weight excluding hydrogens is 403 g/mol. The van der Waals surface area contributed by atoms with Crippen molar-refractivity contribution in [3.8, 4) is 22.4 Å². The highest BCUT2D eigenvalue weighted by molar-refractivity contribution is 5.94. The van der Waals surface area contributed by atoms with Crippen molar-refractivity contribution in [1.82, 2.24) is 14.7 Å². The van der Waals surface area contributed by atoms with Gasteiger partial charge >= 0.3 is 0 Å². The molecule has 2 heterocycles. The molecule has 0 aliphatic carbocycles. The first-order valence-corrected chi connectivity index (χ1v) is 10.5. The molecule has 0 radical (unpaired) electrons. The Bertz CT molecular complexity index is 1330. The van der Waals surface area contributed by atoms with Crippen molar-refractivity contribution >= 4 is 5.91 Å². The molecule has 6 heteroatoms. The number of fused-ring (bicyclic) bond motifs is 1. The highest BCUT2D eigenvalue weighted by atomic mass is 19.1. The maximum Gasteiger partial charge on any atom is 0.248 e. The Labute approximate surface area is 185 Å². The summed E-state index contributed by atoms with van der Waals surface area (Å²) in [5.74, 6) is -0.698. The van der Waals surface area contributed by atoms with E-state index in [1.165, 1.54) is 6.07 Å². The standard InChI is InChI=1S/C26H23FN4O/c1-30-15-22-24(16-30)29-31(25(22)21-10-2-3-11-23(21)27)14-17-6-4-7-18(12-17)19-8-5-9-20(13-19)26(28)32/h2-13H,14-16H2,1H3,(H2,28,32). The number of carbonyl (C=O) groups excluding carboxylic acids is 1. The Hall–Kier alpha value is -3.77. The zero-order chi connectivity index (χ0) is 22.2. The lowest BCUT2D eigenvalue weighted by Gasteiger charge is -2.14. The second-order valence-corrected chi connectivity index (χ2v) is 8.23. The molecule has 5 rings (SSSR count). The lowest BCUT2D eigenvalue weighted by atomic mass is 10.0. The Balaban J connectivity index is 1.54. The molecule has 0 bridgehead atoms. The van der Waals surface area contributed by atoms with Gasteiger partial charge in [-0.05, 0) is 54.1 Å². The van der Waals surface area contributed by atoms with E-state index in [1.807, 2.05) is 54.2 Å². The minimum Gasteiger partial charge on any atom is -0.366 e. The van der Waals surface area contributed by atoms with E-state index in [0.29, 0.717) is 17.7 Å². The van der Waals surface area contributed by atoms with Gasteiger partial charge in [0.1, 0.15) is 5.82 Å². The molecule has 1 aliphatic heterocycles. The van der Waals surface area contributed by atoms with Gasteiger partial charge in [-0.15, -0.1) is 0 Å². The molecule has 32 heavy (non-hydrogen) atoms. The molecular formula is C26H23FN4O. The summed E-state index contributed by atoms with van der Waals surface area (Å²) in [6.07, 6.45) is 0. The summed E-state index contributed by atoms with van der Waals surface area (Å²) in [5, 5.41) is 4.84. The van der Waals surface area contributed by atoms with Crippen molar-refractivity contribution in [3.05, 3.63) is 101 Å². The molecule has 4 aromatic rings. The molecule has 3 aromatic carbocycles. The Morgan fingerprint density at radius 2 is 1.75 bits per heavy atom. The van der Waals surface area contributed by atoms with Gasteiger partial charge < -0.3 is 5.73 Å². The monoisotopic (exact) mass is 426 g/mol. The van der Waals surface area contributed by atoms with Gasteiger partial charge in [-0.2, -0.15) is 5.10 Å². The van der Waals surface area contributed by atoms with E-state index >= 15 is 0 Å². The molecule has 5 nitrogen and oxygen atoms in total. The maximum absolute atomic E-state index is 14.7. The number of nitrogens with zero attached hydrogens (tertiary/aromatic N) is 3. The van der Waals surface area contributed by atoms with Gasteiger partial charge in [-0.1, -0.05) is 42.5 Å². The largest absolute Gasteiger partial charge is 0.366 e. The fraction of sp³-hybridized carbons (Fsp3) is 0.154. The topological polar surface area (TPSA) is 64.2 Å². The predicted octanol–water partition coefficient (Wildman–Crippen LogP) is 4.45. The average molecular weight is 426 g/mol. The fourth-order valence-electron chi connectivity index (χ4n) is 4.37. The van der Waals surface area contributed by atoms with Crippen LogP contribution < -0.4 is 5.73 Å². The first kappa shape index (κ1) is 20.2. The van der Waals surface area contributed by atoms with Crippen LogP contribution in [0.4, 0.5) is 4.39 Å². The number of amides is 1. The van der Waals surface area contributed by atoms with Crippen LogP contribution in [0.2, 0.25) is 0 Å². The van der Waals surface area contributed by atoms with E-state index in [2.05, 4.69) is 11.0 Å². The van der Waals surface area contributed by atoms with Crippen molar-refractivity contribution in [1.29, 1.82) is 0 Å². The highest BCUT2D eigenvalue weighted by Crippen LogP contribution is 2.34. The quantitative estimate of drug-likeness (QED) is 0.513. The predicted molar refractivity (Wildman–Crippen MR) is 122 cm³/mol. The van der Waals surface area contributed by atoms with E-state index in [4.69, 9.17) is 10.8 Å². The summed E-state index contributed by atoms with van der Waals surface area (Å²) in [7, 11) is 2.04. The van der Waals surface area contributed by atoms with E-state index in [0.717, 1.165) is 46.7 Å². The van der Waals surface area contributed by atoms with Crippen LogP contribution in [0.1, 0.15) is 27.2 Å². The molecule has 0 atom stereocenters. The van der Waals surface area contributed by atoms with Gasteiger partial charge in [0.15, 0.2) is 0 Å². The third kappa shape index (κ3) is 3.69. The van der Waals surface area contributed by atoms with Crippen LogP contribution in [0.25, 0.3) is 22.4 Å². The molecule has 0 saturated heterocycles. The molecule has 160 valence electrons. The average Bonchev–Trinajstić information content (AvgIpc) is 3.30. The first-order valence-electron chi connectivity index (χ1n) is 10.5. The summed E-state index contributed by atoms with van der Waals surface area (Å²) in [6.45, 7) is 2.02. The van der Waals surface area contributed by atoms with Crippen LogP contribution in [0.15, 0.2) is 72.8 Å². The minimum atomic E-state index is -0.450. The van der Waals surface area contributed by atoms with Crippen molar-refractivity contribution in [2.24, 2.45) is 5.73 Å². The SMILES string of the molecule is CN1Cc2nn(Cc3cccc(-c4cccc(C(N)=O)c4)c3)c(-c3ccccc3F)c2C1. The van der Waals surface area contributed by atoms with Crippen LogP contribution in [-0.2, 0) is 19.6 Å². The van der Waals surface area contributed by atoms with Crippen molar-refractivity contribution in [2.75, 3.05) is 7.05 Å². The summed E-state index contributed by atoms with van der Waals surface area (Å²) >= 11 is 0. The second kappa shape index (κ2) is 8.05. The normalized spacial score (nSPS) is 13.3. The molecule has 1 amide bonds. The number of hydrogen-bond acceptors (Lipinski definition) is 3.